The number of ketones is 1. The van der Waals surface area contributed by atoms with E-state index < -0.39 is 0 Å². The molecular weight excluding hydrogens is 418 g/mol. The molecule has 1 aromatic carbocycles. The highest BCUT2D eigenvalue weighted by molar-refractivity contribution is 9.10. The lowest BCUT2D eigenvalue weighted by Crippen LogP contribution is -2.22. The van der Waals surface area contributed by atoms with Crippen LogP contribution < -0.4 is 5.32 Å². The molecule has 0 aliphatic heterocycles. The van der Waals surface area contributed by atoms with Gasteiger partial charge in [-0.15, -0.1) is 11.3 Å². The molecule has 0 bridgehead atoms. The lowest BCUT2D eigenvalue weighted by molar-refractivity contribution is -0.121. The SMILES string of the molecule is O=C(CCc1ccccc1Br)NCc1ccc(C(=O)c2ccsc2)s1. The zero-order valence-electron chi connectivity index (χ0n) is 13.3. The Balaban J connectivity index is 1.49. The molecule has 1 N–H and O–H groups in total. The predicted molar refractivity (Wildman–Crippen MR) is 106 cm³/mol. The molecule has 0 saturated carbocycles. The van der Waals surface area contributed by atoms with E-state index in [1.54, 1.807) is 0 Å². The maximum Gasteiger partial charge on any atom is 0.220 e. The average molecular weight is 434 g/mol. The Labute approximate surface area is 162 Å². The topological polar surface area (TPSA) is 46.2 Å². The van der Waals surface area contributed by atoms with Gasteiger partial charge in [0.15, 0.2) is 0 Å². The van der Waals surface area contributed by atoms with Crippen LogP contribution in [-0.2, 0) is 17.8 Å². The highest BCUT2D eigenvalue weighted by Gasteiger charge is 2.12. The molecule has 0 unspecified atom stereocenters. The summed E-state index contributed by atoms with van der Waals surface area (Å²) in [5.41, 5.74) is 1.84. The first-order valence-electron chi connectivity index (χ1n) is 7.79. The minimum Gasteiger partial charge on any atom is -0.351 e. The van der Waals surface area contributed by atoms with Crippen LogP contribution >= 0.6 is 38.6 Å². The molecule has 0 aliphatic carbocycles. The Morgan fingerprint density at radius 2 is 1.92 bits per heavy atom. The lowest BCUT2D eigenvalue weighted by Gasteiger charge is -2.05. The Bertz CT molecular complexity index is 871. The van der Waals surface area contributed by atoms with Crippen molar-refractivity contribution >= 4 is 50.3 Å². The number of benzene rings is 1. The molecule has 3 aromatic rings. The van der Waals surface area contributed by atoms with Gasteiger partial charge in [0.1, 0.15) is 0 Å². The molecule has 25 heavy (non-hydrogen) atoms. The minimum atomic E-state index is 0.00913. The van der Waals surface area contributed by atoms with Gasteiger partial charge in [0.2, 0.25) is 11.7 Å². The lowest BCUT2D eigenvalue weighted by atomic mass is 10.1. The van der Waals surface area contributed by atoms with Crippen LogP contribution in [0.2, 0.25) is 0 Å². The monoisotopic (exact) mass is 433 g/mol. The Kier molecular flexibility index (Phi) is 6.18. The molecule has 128 valence electrons. The number of nitrogens with one attached hydrogen (secondary N) is 1. The minimum absolute atomic E-state index is 0.00913. The summed E-state index contributed by atoms with van der Waals surface area (Å²) in [6.07, 6.45) is 1.13. The van der Waals surface area contributed by atoms with Gasteiger partial charge in [-0.1, -0.05) is 34.1 Å². The van der Waals surface area contributed by atoms with E-state index in [0.717, 1.165) is 20.5 Å². The average Bonchev–Trinajstić information content (AvgIpc) is 3.30. The molecule has 3 rings (SSSR count). The molecule has 2 aromatic heterocycles. The van der Waals surface area contributed by atoms with Crippen LogP contribution in [0, 0.1) is 0 Å². The zero-order chi connectivity index (χ0) is 17.6. The fourth-order valence-electron chi connectivity index (χ4n) is 2.35. The van der Waals surface area contributed by atoms with Crippen molar-refractivity contribution in [3.05, 3.63) is 78.6 Å². The number of thiophene rings is 2. The standard InChI is InChI=1S/C19H16BrNO2S2/c20-16-4-2-1-3-13(16)5-8-18(22)21-11-15-6-7-17(25-15)19(23)14-9-10-24-12-14/h1-4,6-7,9-10,12H,5,8,11H2,(H,21,22). The highest BCUT2D eigenvalue weighted by atomic mass is 79.9. The molecule has 0 aliphatic rings. The van der Waals surface area contributed by atoms with Crippen LogP contribution in [0.1, 0.15) is 32.1 Å². The van der Waals surface area contributed by atoms with Gasteiger partial charge in [-0.2, -0.15) is 11.3 Å². The third-order valence-corrected chi connectivity index (χ3v) is 6.25. The van der Waals surface area contributed by atoms with E-state index in [9.17, 15) is 9.59 Å². The Morgan fingerprint density at radius 1 is 1.08 bits per heavy atom. The molecule has 0 fully saturated rings. The van der Waals surface area contributed by atoms with E-state index in [1.807, 2.05) is 53.2 Å². The van der Waals surface area contributed by atoms with Crippen LogP contribution in [0.25, 0.3) is 0 Å². The van der Waals surface area contributed by atoms with Gasteiger partial charge in [-0.05, 0) is 41.6 Å². The van der Waals surface area contributed by atoms with Crippen molar-refractivity contribution < 1.29 is 9.59 Å². The first-order chi connectivity index (χ1) is 12.1. The van der Waals surface area contributed by atoms with E-state index in [-0.39, 0.29) is 11.7 Å². The summed E-state index contributed by atoms with van der Waals surface area (Å²) in [6.45, 7) is 0.455. The summed E-state index contributed by atoms with van der Waals surface area (Å²) in [6, 6.07) is 13.5. The number of rotatable bonds is 7. The van der Waals surface area contributed by atoms with Gasteiger partial charge in [0, 0.05) is 26.7 Å². The van der Waals surface area contributed by atoms with E-state index >= 15 is 0 Å². The number of hydrogen-bond acceptors (Lipinski definition) is 4. The maximum absolute atomic E-state index is 12.3. The van der Waals surface area contributed by atoms with E-state index in [0.29, 0.717) is 24.3 Å². The van der Waals surface area contributed by atoms with Crippen molar-refractivity contribution in [2.45, 2.75) is 19.4 Å². The molecule has 2 heterocycles. The number of carbonyl (C=O) groups is 2. The van der Waals surface area contributed by atoms with Crippen LogP contribution in [0.4, 0.5) is 0 Å². The molecule has 0 radical (unpaired) electrons. The highest BCUT2D eigenvalue weighted by Crippen LogP contribution is 2.21. The summed E-state index contributed by atoms with van der Waals surface area (Å²) in [5.74, 6) is 0.0487. The second kappa shape index (κ2) is 8.56. The number of carbonyl (C=O) groups excluding carboxylic acids is 2. The van der Waals surface area contributed by atoms with Gasteiger partial charge in [-0.25, -0.2) is 0 Å². The fraction of sp³-hybridized carbons (Fsp3) is 0.158. The Morgan fingerprint density at radius 3 is 2.68 bits per heavy atom. The van der Waals surface area contributed by atoms with Crippen molar-refractivity contribution in [2.75, 3.05) is 0 Å². The van der Waals surface area contributed by atoms with Crippen molar-refractivity contribution in [2.24, 2.45) is 0 Å². The summed E-state index contributed by atoms with van der Waals surface area (Å²) in [7, 11) is 0. The van der Waals surface area contributed by atoms with Gasteiger partial charge in [0.05, 0.1) is 11.4 Å². The normalized spacial score (nSPS) is 10.6. The summed E-state index contributed by atoms with van der Waals surface area (Å²) in [4.78, 5) is 26.0. The fourth-order valence-corrected chi connectivity index (χ4v) is 4.38. The maximum atomic E-state index is 12.3. The number of hydrogen-bond donors (Lipinski definition) is 1. The summed E-state index contributed by atoms with van der Waals surface area (Å²) >= 11 is 6.44. The molecule has 0 spiro atoms. The zero-order valence-corrected chi connectivity index (χ0v) is 16.5. The number of aryl methyl sites for hydroxylation is 1. The Hall–Kier alpha value is -1.76. The molecule has 6 heteroatoms. The van der Waals surface area contributed by atoms with Crippen molar-refractivity contribution in [3.63, 3.8) is 0 Å². The largest absolute Gasteiger partial charge is 0.351 e. The van der Waals surface area contributed by atoms with Crippen molar-refractivity contribution in [3.8, 4) is 0 Å². The molecule has 3 nitrogen and oxygen atoms in total. The third kappa shape index (κ3) is 4.87. The van der Waals surface area contributed by atoms with Crippen LogP contribution in [-0.4, -0.2) is 11.7 Å². The smallest absolute Gasteiger partial charge is 0.220 e. The number of halogens is 1. The van der Waals surface area contributed by atoms with Crippen molar-refractivity contribution in [1.29, 1.82) is 0 Å². The van der Waals surface area contributed by atoms with Gasteiger partial charge >= 0.3 is 0 Å². The summed E-state index contributed by atoms with van der Waals surface area (Å²) in [5, 5.41) is 6.67. The predicted octanol–water partition coefficient (Wildman–Crippen LogP) is 5.05. The molecule has 0 atom stereocenters. The second-order valence-corrected chi connectivity index (χ2v) is 8.28. The van der Waals surface area contributed by atoms with E-state index in [1.165, 1.54) is 22.7 Å². The van der Waals surface area contributed by atoms with Gasteiger partial charge in [-0.3, -0.25) is 9.59 Å². The third-order valence-electron chi connectivity index (χ3n) is 3.71. The molecular formula is C19H16BrNO2S2. The van der Waals surface area contributed by atoms with E-state index in [4.69, 9.17) is 0 Å². The van der Waals surface area contributed by atoms with Crippen molar-refractivity contribution in [1.82, 2.24) is 5.32 Å². The van der Waals surface area contributed by atoms with E-state index in [2.05, 4.69) is 21.2 Å². The van der Waals surface area contributed by atoms with Crippen LogP contribution in [0.5, 0.6) is 0 Å². The number of amides is 1. The quantitative estimate of drug-likeness (QED) is 0.529. The molecule has 0 saturated heterocycles. The molecule has 1 amide bonds. The second-order valence-electron chi connectivity index (χ2n) is 5.48. The van der Waals surface area contributed by atoms with Crippen LogP contribution in [0.3, 0.4) is 0 Å². The van der Waals surface area contributed by atoms with Gasteiger partial charge in [0.25, 0.3) is 0 Å². The first kappa shape index (κ1) is 18.0. The first-order valence-corrected chi connectivity index (χ1v) is 10.3. The van der Waals surface area contributed by atoms with Crippen LogP contribution in [0.15, 0.2) is 57.7 Å². The summed E-state index contributed by atoms with van der Waals surface area (Å²) < 4.78 is 1.03. The van der Waals surface area contributed by atoms with Gasteiger partial charge < -0.3 is 5.32 Å².